The average molecular weight is 306 g/mol. The predicted molar refractivity (Wildman–Crippen MR) is 90.8 cm³/mol. The molecule has 0 fully saturated rings. The fourth-order valence-corrected chi connectivity index (χ4v) is 2.77. The first kappa shape index (κ1) is 17.8. The molecule has 0 spiro atoms. The van der Waals surface area contributed by atoms with Crippen molar-refractivity contribution in [1.29, 1.82) is 0 Å². The van der Waals surface area contributed by atoms with Crippen molar-refractivity contribution in [3.63, 3.8) is 0 Å². The van der Waals surface area contributed by atoms with E-state index in [2.05, 4.69) is 38.1 Å². The van der Waals surface area contributed by atoms with Gasteiger partial charge in [0.25, 0.3) is 0 Å². The predicted octanol–water partition coefficient (Wildman–Crippen LogP) is 5.02. The van der Waals surface area contributed by atoms with Crippen LogP contribution < -0.4 is 0 Å². The first-order chi connectivity index (χ1) is 10.0. The molecule has 1 unspecified atom stereocenters. The van der Waals surface area contributed by atoms with Gasteiger partial charge in [-0.1, -0.05) is 31.6 Å². The summed E-state index contributed by atoms with van der Waals surface area (Å²) in [6, 6.07) is 8.75. The second-order valence-electron chi connectivity index (χ2n) is 5.22. The lowest BCUT2D eigenvalue weighted by molar-refractivity contribution is -0.137. The van der Waals surface area contributed by atoms with Crippen molar-refractivity contribution in [3.8, 4) is 0 Å². The molecule has 0 heterocycles. The molecule has 0 N–H and O–H groups in total. The van der Waals surface area contributed by atoms with Crippen molar-refractivity contribution in [3.05, 3.63) is 41.5 Å². The van der Waals surface area contributed by atoms with Gasteiger partial charge in [0.15, 0.2) is 0 Å². The van der Waals surface area contributed by atoms with Crippen LogP contribution in [0.2, 0.25) is 0 Å². The number of aryl methyl sites for hydroxylation is 1. The van der Waals surface area contributed by atoms with Gasteiger partial charge < -0.3 is 4.74 Å². The fraction of sp³-hybridized carbons (Fsp3) is 0.500. The van der Waals surface area contributed by atoms with Gasteiger partial charge in [-0.3, -0.25) is 0 Å². The Bertz CT molecular complexity index is 463. The fourth-order valence-electron chi connectivity index (χ4n) is 1.85. The molecule has 1 rings (SSSR count). The van der Waals surface area contributed by atoms with E-state index < -0.39 is 0 Å². The van der Waals surface area contributed by atoms with Crippen molar-refractivity contribution in [2.75, 3.05) is 6.61 Å². The van der Waals surface area contributed by atoms with Gasteiger partial charge >= 0.3 is 5.97 Å². The minimum absolute atomic E-state index is 0.240. The molecule has 116 valence electrons. The number of hydrogen-bond acceptors (Lipinski definition) is 3. The van der Waals surface area contributed by atoms with E-state index in [1.807, 2.05) is 25.6 Å². The van der Waals surface area contributed by atoms with E-state index in [0.717, 1.165) is 18.4 Å². The number of carbonyl (C=O) groups is 1. The largest absolute Gasteiger partial charge is 0.463 e. The van der Waals surface area contributed by atoms with Gasteiger partial charge in [-0.2, -0.15) is 0 Å². The van der Waals surface area contributed by atoms with Crippen LogP contribution in [0.5, 0.6) is 0 Å². The van der Waals surface area contributed by atoms with Crippen LogP contribution in [0.15, 0.2) is 40.8 Å². The number of allylic oxidation sites excluding steroid dienone is 1. The second kappa shape index (κ2) is 9.67. The van der Waals surface area contributed by atoms with E-state index in [-0.39, 0.29) is 5.97 Å². The Labute approximate surface area is 133 Å². The SMILES string of the molecule is CCOC(=O)C=C(C)CCc1ccc(SC(C)CC)cc1. The third-order valence-electron chi connectivity index (χ3n) is 3.29. The van der Waals surface area contributed by atoms with E-state index >= 15 is 0 Å². The van der Waals surface area contributed by atoms with Crippen molar-refractivity contribution in [1.82, 2.24) is 0 Å². The summed E-state index contributed by atoms with van der Waals surface area (Å²) in [6.07, 6.45) is 4.62. The Morgan fingerprint density at radius 3 is 2.52 bits per heavy atom. The highest BCUT2D eigenvalue weighted by Gasteiger charge is 2.03. The van der Waals surface area contributed by atoms with Gasteiger partial charge in [-0.15, -0.1) is 11.8 Å². The molecule has 0 radical (unpaired) electrons. The third kappa shape index (κ3) is 7.37. The minimum Gasteiger partial charge on any atom is -0.463 e. The summed E-state index contributed by atoms with van der Waals surface area (Å²) in [4.78, 5) is 12.7. The molecule has 0 saturated carbocycles. The molecule has 0 aliphatic carbocycles. The maximum absolute atomic E-state index is 11.3. The van der Waals surface area contributed by atoms with Crippen molar-refractivity contribution in [2.24, 2.45) is 0 Å². The van der Waals surface area contributed by atoms with Gasteiger partial charge in [-0.25, -0.2) is 4.79 Å². The first-order valence-electron chi connectivity index (χ1n) is 7.64. The Kier molecular flexibility index (Phi) is 8.21. The minimum atomic E-state index is -0.240. The highest BCUT2D eigenvalue weighted by molar-refractivity contribution is 7.99. The smallest absolute Gasteiger partial charge is 0.330 e. The molecular formula is C18H26O2S. The van der Waals surface area contributed by atoms with Crippen LogP contribution in [0.3, 0.4) is 0 Å². The Balaban J connectivity index is 2.47. The van der Waals surface area contributed by atoms with Crippen LogP contribution in [-0.2, 0) is 16.0 Å². The lowest BCUT2D eigenvalue weighted by atomic mass is 10.1. The average Bonchev–Trinajstić information content (AvgIpc) is 2.46. The van der Waals surface area contributed by atoms with E-state index in [1.54, 1.807) is 6.08 Å². The van der Waals surface area contributed by atoms with Crippen LogP contribution >= 0.6 is 11.8 Å². The molecule has 0 aromatic heterocycles. The normalized spacial score (nSPS) is 13.0. The number of thioether (sulfide) groups is 1. The van der Waals surface area contributed by atoms with Gasteiger partial charge in [0.2, 0.25) is 0 Å². The van der Waals surface area contributed by atoms with Gasteiger partial charge in [0.05, 0.1) is 6.61 Å². The zero-order valence-corrected chi connectivity index (χ0v) is 14.3. The Hall–Kier alpha value is -1.22. The van der Waals surface area contributed by atoms with Crippen molar-refractivity contribution >= 4 is 17.7 Å². The lowest BCUT2D eigenvalue weighted by Crippen LogP contribution is -2.00. The number of ether oxygens (including phenoxy) is 1. The number of esters is 1. The number of hydrogen-bond donors (Lipinski definition) is 0. The van der Waals surface area contributed by atoms with E-state index in [1.165, 1.54) is 16.9 Å². The Morgan fingerprint density at radius 2 is 1.95 bits per heavy atom. The van der Waals surface area contributed by atoms with Crippen molar-refractivity contribution < 1.29 is 9.53 Å². The van der Waals surface area contributed by atoms with Crippen LogP contribution in [-0.4, -0.2) is 17.8 Å². The molecule has 0 aliphatic heterocycles. The zero-order chi connectivity index (χ0) is 15.7. The molecule has 2 nitrogen and oxygen atoms in total. The second-order valence-corrected chi connectivity index (χ2v) is 6.74. The maximum Gasteiger partial charge on any atom is 0.330 e. The highest BCUT2D eigenvalue weighted by atomic mass is 32.2. The van der Waals surface area contributed by atoms with Gasteiger partial charge in [0, 0.05) is 16.2 Å². The topological polar surface area (TPSA) is 26.3 Å². The lowest BCUT2D eigenvalue weighted by Gasteiger charge is -2.09. The molecular weight excluding hydrogens is 280 g/mol. The summed E-state index contributed by atoms with van der Waals surface area (Å²) < 4.78 is 4.91. The first-order valence-corrected chi connectivity index (χ1v) is 8.52. The van der Waals surface area contributed by atoms with E-state index in [4.69, 9.17) is 4.74 Å². The molecule has 0 saturated heterocycles. The monoisotopic (exact) mass is 306 g/mol. The van der Waals surface area contributed by atoms with Gasteiger partial charge in [-0.05, 0) is 50.8 Å². The maximum atomic E-state index is 11.3. The molecule has 1 aromatic carbocycles. The summed E-state index contributed by atoms with van der Waals surface area (Å²) in [5.41, 5.74) is 2.37. The molecule has 1 aromatic rings. The Morgan fingerprint density at radius 1 is 1.29 bits per heavy atom. The third-order valence-corrected chi connectivity index (χ3v) is 4.57. The summed E-state index contributed by atoms with van der Waals surface area (Å²) >= 11 is 1.92. The molecule has 21 heavy (non-hydrogen) atoms. The quantitative estimate of drug-likeness (QED) is 0.383. The molecule has 0 aliphatic rings. The van der Waals surface area contributed by atoms with Crippen LogP contribution in [0.25, 0.3) is 0 Å². The highest BCUT2D eigenvalue weighted by Crippen LogP contribution is 2.25. The molecule has 0 amide bonds. The van der Waals surface area contributed by atoms with Crippen LogP contribution in [0, 0.1) is 0 Å². The van der Waals surface area contributed by atoms with Gasteiger partial charge in [0.1, 0.15) is 0 Å². The van der Waals surface area contributed by atoms with E-state index in [9.17, 15) is 4.79 Å². The summed E-state index contributed by atoms with van der Waals surface area (Å²) in [6.45, 7) is 8.69. The summed E-state index contributed by atoms with van der Waals surface area (Å²) in [5.74, 6) is -0.240. The number of carbonyl (C=O) groups excluding carboxylic acids is 1. The van der Waals surface area contributed by atoms with Crippen LogP contribution in [0.1, 0.15) is 46.1 Å². The standard InChI is InChI=1S/C18H26O2S/c1-5-15(4)21-17-11-9-16(10-12-17)8-7-14(3)13-18(19)20-6-2/h9-13,15H,5-8H2,1-4H3. The number of rotatable bonds is 8. The van der Waals surface area contributed by atoms with E-state index in [0.29, 0.717) is 11.9 Å². The summed E-state index contributed by atoms with van der Waals surface area (Å²) in [7, 11) is 0. The van der Waals surface area contributed by atoms with Crippen LogP contribution in [0.4, 0.5) is 0 Å². The molecule has 3 heteroatoms. The summed E-state index contributed by atoms with van der Waals surface area (Å²) in [5, 5.41) is 0.658. The number of benzene rings is 1. The molecule has 1 atom stereocenters. The zero-order valence-electron chi connectivity index (χ0n) is 13.5. The van der Waals surface area contributed by atoms with Crippen molar-refractivity contribution in [2.45, 2.75) is 57.1 Å². The molecule has 0 bridgehead atoms.